The quantitative estimate of drug-likeness (QED) is 0.125. The Morgan fingerprint density at radius 2 is 1.53 bits per heavy atom. The number of carboxylic acid groups (broad SMARTS) is 2. The van der Waals surface area contributed by atoms with E-state index in [1.165, 1.54) is 11.8 Å². The normalized spacial score (nSPS) is 17.7. The molecule has 0 saturated carbocycles. The molecule has 192 valence electrons. The fourth-order valence-corrected chi connectivity index (χ4v) is 3.78. The van der Waals surface area contributed by atoms with E-state index in [4.69, 9.17) is 10.8 Å². The number of aliphatic carboxylic acids is 2. The summed E-state index contributed by atoms with van der Waals surface area (Å²) in [5.41, 5.74) is 5.03. The minimum Gasteiger partial charge on any atom is -0.481 e. The van der Waals surface area contributed by atoms with E-state index in [-0.39, 0.29) is 31.6 Å². The number of nitrogens with two attached hydrogens (primary N) is 1. The van der Waals surface area contributed by atoms with Crippen LogP contribution in [0, 0.1) is 0 Å². The van der Waals surface area contributed by atoms with Crippen LogP contribution in [0.3, 0.4) is 0 Å². The highest BCUT2D eigenvalue weighted by atomic mass is 32.2. The van der Waals surface area contributed by atoms with Gasteiger partial charge in [-0.3, -0.25) is 24.0 Å². The molecule has 4 amide bonds. The molecular weight excluding hydrogens is 470 g/mol. The predicted octanol–water partition coefficient (Wildman–Crippen LogP) is -1.84. The first kappa shape index (κ1) is 29.2. The van der Waals surface area contributed by atoms with Gasteiger partial charge in [0.15, 0.2) is 0 Å². The fourth-order valence-electron chi connectivity index (χ4n) is 3.31. The molecule has 14 heteroatoms. The summed E-state index contributed by atoms with van der Waals surface area (Å²) in [5, 5.41) is 28.7. The number of hydrogen-bond acceptors (Lipinski definition) is 8. The molecule has 1 aliphatic rings. The third-order valence-electron chi connectivity index (χ3n) is 5.19. The monoisotopic (exact) mass is 503 g/mol. The number of carboxylic acids is 2. The first-order valence-electron chi connectivity index (χ1n) is 10.9. The molecule has 1 saturated heterocycles. The minimum absolute atomic E-state index is 0.267. The molecule has 0 aliphatic carbocycles. The van der Waals surface area contributed by atoms with Gasteiger partial charge in [-0.25, -0.2) is 4.79 Å². The van der Waals surface area contributed by atoms with Gasteiger partial charge in [-0.2, -0.15) is 11.8 Å². The van der Waals surface area contributed by atoms with Crippen molar-refractivity contribution in [3.63, 3.8) is 0 Å². The third kappa shape index (κ3) is 10.8. The van der Waals surface area contributed by atoms with Crippen molar-refractivity contribution in [2.45, 2.75) is 69.1 Å². The number of carbonyl (C=O) groups excluding carboxylic acids is 4. The molecule has 0 radical (unpaired) electrons. The fraction of sp³-hybridized carbons (Fsp3) is 0.700. The largest absolute Gasteiger partial charge is 0.481 e. The Morgan fingerprint density at radius 3 is 2.03 bits per heavy atom. The number of carbonyl (C=O) groups is 6. The molecule has 13 nitrogen and oxygen atoms in total. The number of thioether (sulfide) groups is 1. The number of hydrogen-bond donors (Lipinski definition) is 7. The van der Waals surface area contributed by atoms with Crippen molar-refractivity contribution in [3.05, 3.63) is 0 Å². The molecule has 1 rings (SSSR count). The lowest BCUT2D eigenvalue weighted by molar-refractivity contribution is -0.143. The van der Waals surface area contributed by atoms with Gasteiger partial charge in [0.05, 0.1) is 6.04 Å². The Labute approximate surface area is 201 Å². The van der Waals surface area contributed by atoms with Crippen LogP contribution in [0.2, 0.25) is 0 Å². The van der Waals surface area contributed by atoms with Crippen LogP contribution in [-0.2, 0) is 28.8 Å². The van der Waals surface area contributed by atoms with Crippen LogP contribution in [0.25, 0.3) is 0 Å². The third-order valence-corrected chi connectivity index (χ3v) is 5.84. The number of nitrogens with one attached hydrogen (secondary N) is 4. The summed E-state index contributed by atoms with van der Waals surface area (Å²) in [6.07, 6.45) is 2.24. The molecule has 1 heterocycles. The van der Waals surface area contributed by atoms with Crippen molar-refractivity contribution in [1.29, 1.82) is 0 Å². The summed E-state index contributed by atoms with van der Waals surface area (Å²) in [5.74, 6) is -4.78. The molecule has 0 aromatic carbocycles. The van der Waals surface area contributed by atoms with Crippen molar-refractivity contribution in [1.82, 2.24) is 21.3 Å². The van der Waals surface area contributed by atoms with E-state index in [9.17, 15) is 33.9 Å². The smallest absolute Gasteiger partial charge is 0.326 e. The SMILES string of the molecule is CSCCC(NC(=O)C1CCCN1)C(=O)NC(CCC(=O)O)C(=O)NC(CCC(N)=O)C(=O)O. The Balaban J connectivity index is 2.92. The average molecular weight is 504 g/mol. The lowest BCUT2D eigenvalue weighted by Gasteiger charge is -2.25. The van der Waals surface area contributed by atoms with Crippen LogP contribution >= 0.6 is 11.8 Å². The van der Waals surface area contributed by atoms with Crippen LogP contribution in [0.4, 0.5) is 0 Å². The first-order valence-corrected chi connectivity index (χ1v) is 12.3. The van der Waals surface area contributed by atoms with Crippen LogP contribution in [0.5, 0.6) is 0 Å². The first-order chi connectivity index (χ1) is 16.0. The highest BCUT2D eigenvalue weighted by molar-refractivity contribution is 7.98. The van der Waals surface area contributed by atoms with Crippen LogP contribution < -0.4 is 27.0 Å². The van der Waals surface area contributed by atoms with Crippen molar-refractivity contribution in [2.24, 2.45) is 5.73 Å². The maximum Gasteiger partial charge on any atom is 0.326 e. The maximum absolute atomic E-state index is 12.9. The molecule has 0 aromatic heterocycles. The average Bonchev–Trinajstić information content (AvgIpc) is 3.31. The van der Waals surface area contributed by atoms with Gasteiger partial charge in [0.2, 0.25) is 23.6 Å². The highest BCUT2D eigenvalue weighted by Gasteiger charge is 2.31. The lowest BCUT2D eigenvalue weighted by atomic mass is 10.1. The lowest BCUT2D eigenvalue weighted by Crippen LogP contribution is -2.57. The number of amides is 4. The van der Waals surface area contributed by atoms with E-state index >= 15 is 0 Å². The molecule has 0 aromatic rings. The van der Waals surface area contributed by atoms with E-state index < -0.39 is 60.2 Å². The van der Waals surface area contributed by atoms with E-state index in [2.05, 4.69) is 21.3 Å². The van der Waals surface area contributed by atoms with Crippen molar-refractivity contribution < 1.29 is 39.0 Å². The molecule has 1 aliphatic heterocycles. The van der Waals surface area contributed by atoms with Gasteiger partial charge >= 0.3 is 11.9 Å². The summed E-state index contributed by atoms with van der Waals surface area (Å²) in [6.45, 7) is 0.692. The molecule has 34 heavy (non-hydrogen) atoms. The van der Waals surface area contributed by atoms with E-state index in [0.29, 0.717) is 18.7 Å². The Kier molecular flexibility index (Phi) is 13.0. The van der Waals surface area contributed by atoms with Gasteiger partial charge in [-0.05, 0) is 50.7 Å². The van der Waals surface area contributed by atoms with Gasteiger partial charge < -0.3 is 37.2 Å². The second kappa shape index (κ2) is 15.1. The number of primary amides is 1. The Morgan fingerprint density at radius 1 is 0.941 bits per heavy atom. The van der Waals surface area contributed by atoms with Gasteiger partial charge in [0.1, 0.15) is 18.1 Å². The summed E-state index contributed by atoms with van der Waals surface area (Å²) in [4.78, 5) is 71.6. The Hall–Kier alpha value is -2.87. The second-order valence-electron chi connectivity index (χ2n) is 7.89. The van der Waals surface area contributed by atoms with Crippen LogP contribution in [-0.4, -0.2) is 88.5 Å². The van der Waals surface area contributed by atoms with E-state index in [1.807, 2.05) is 6.26 Å². The zero-order valence-corrected chi connectivity index (χ0v) is 19.8. The van der Waals surface area contributed by atoms with E-state index in [1.54, 1.807) is 0 Å². The number of rotatable bonds is 16. The van der Waals surface area contributed by atoms with Gasteiger partial charge in [-0.1, -0.05) is 0 Å². The molecule has 1 fully saturated rings. The van der Waals surface area contributed by atoms with Gasteiger partial charge in [-0.15, -0.1) is 0 Å². The van der Waals surface area contributed by atoms with Crippen LogP contribution in [0.1, 0.15) is 44.9 Å². The zero-order chi connectivity index (χ0) is 25.7. The van der Waals surface area contributed by atoms with Gasteiger partial charge in [0.25, 0.3) is 0 Å². The summed E-state index contributed by atoms with van der Waals surface area (Å²) >= 11 is 1.46. The summed E-state index contributed by atoms with van der Waals surface area (Å²) in [6, 6.07) is -4.20. The topological polar surface area (TPSA) is 217 Å². The predicted molar refractivity (Wildman–Crippen MR) is 123 cm³/mol. The van der Waals surface area contributed by atoms with Crippen LogP contribution in [0.15, 0.2) is 0 Å². The van der Waals surface area contributed by atoms with Gasteiger partial charge in [0, 0.05) is 12.8 Å². The second-order valence-corrected chi connectivity index (χ2v) is 8.88. The standard InChI is InChI=1S/C20H33N5O8S/c1-34-10-8-13(24-17(29)11-3-2-9-22-11)19(31)23-12(5-7-16(27)28)18(30)25-14(20(32)33)4-6-15(21)26/h11-14,22H,2-10H2,1H3,(H2,21,26)(H,23,31)(H,24,29)(H,25,30)(H,27,28)(H,32,33). The molecule has 4 unspecified atom stereocenters. The Bertz CT molecular complexity index is 759. The molecule has 8 N–H and O–H groups in total. The van der Waals surface area contributed by atoms with E-state index in [0.717, 1.165) is 6.42 Å². The van der Waals surface area contributed by atoms with Crippen molar-refractivity contribution >= 4 is 47.3 Å². The highest BCUT2D eigenvalue weighted by Crippen LogP contribution is 2.09. The summed E-state index contributed by atoms with van der Waals surface area (Å²) < 4.78 is 0. The molecular formula is C20H33N5O8S. The maximum atomic E-state index is 12.9. The molecule has 0 spiro atoms. The van der Waals surface area contributed by atoms with Crippen molar-refractivity contribution in [3.8, 4) is 0 Å². The van der Waals surface area contributed by atoms with Crippen molar-refractivity contribution in [2.75, 3.05) is 18.6 Å². The molecule has 0 bridgehead atoms. The minimum atomic E-state index is -1.45. The summed E-state index contributed by atoms with van der Waals surface area (Å²) in [7, 11) is 0. The molecule has 4 atom stereocenters. The zero-order valence-electron chi connectivity index (χ0n) is 19.0.